The number of amides is 2. The van der Waals surface area contributed by atoms with E-state index in [1.807, 2.05) is 23.1 Å². The number of carbonyl (C=O) groups is 2. The topological polar surface area (TPSA) is 61.9 Å². The van der Waals surface area contributed by atoms with E-state index < -0.39 is 0 Å². The molecule has 2 saturated heterocycles. The molecule has 6 nitrogen and oxygen atoms in total. The molecule has 4 rings (SSSR count). The van der Waals surface area contributed by atoms with Crippen LogP contribution in [0.15, 0.2) is 48.5 Å². The van der Waals surface area contributed by atoms with Crippen molar-refractivity contribution in [2.45, 2.75) is 25.4 Å². The molecule has 1 N–H and O–H groups in total. The summed E-state index contributed by atoms with van der Waals surface area (Å²) in [5.74, 6) is -0.399. The minimum absolute atomic E-state index is 0.0669. The Bertz CT molecular complexity index is 887. The molecular weight excluding hydrogens is 373 g/mol. The Morgan fingerprint density at radius 3 is 2.69 bits per heavy atom. The van der Waals surface area contributed by atoms with Crippen molar-refractivity contribution in [3.05, 3.63) is 59.9 Å². The molecule has 0 bridgehead atoms. The van der Waals surface area contributed by atoms with Crippen molar-refractivity contribution in [1.82, 2.24) is 4.90 Å². The summed E-state index contributed by atoms with van der Waals surface area (Å²) in [5, 5.41) is 2.95. The molecule has 2 aromatic carbocycles. The molecule has 2 aromatic rings. The van der Waals surface area contributed by atoms with Gasteiger partial charge in [-0.1, -0.05) is 18.2 Å². The van der Waals surface area contributed by atoms with E-state index in [-0.39, 0.29) is 30.3 Å². The van der Waals surface area contributed by atoms with Crippen molar-refractivity contribution >= 4 is 23.2 Å². The molecular formula is C22H24FN3O3. The number of morpholine rings is 1. The lowest BCUT2D eigenvalue weighted by Crippen LogP contribution is -2.41. The van der Waals surface area contributed by atoms with Gasteiger partial charge in [0.2, 0.25) is 5.91 Å². The maximum atomic E-state index is 14.0. The highest BCUT2D eigenvalue weighted by atomic mass is 19.1. The normalized spacial score (nSPS) is 20.1. The van der Waals surface area contributed by atoms with Crippen LogP contribution in [0.2, 0.25) is 0 Å². The van der Waals surface area contributed by atoms with E-state index in [0.29, 0.717) is 30.9 Å². The summed E-state index contributed by atoms with van der Waals surface area (Å²) in [5.41, 5.74) is 2.07. The Morgan fingerprint density at radius 1 is 1.14 bits per heavy atom. The van der Waals surface area contributed by atoms with Gasteiger partial charge in [0.05, 0.1) is 12.6 Å². The molecule has 2 aliphatic rings. The van der Waals surface area contributed by atoms with Crippen LogP contribution in [0.25, 0.3) is 0 Å². The number of hydrogen-bond donors (Lipinski definition) is 1. The van der Waals surface area contributed by atoms with E-state index in [0.717, 1.165) is 25.1 Å². The van der Waals surface area contributed by atoms with Crippen LogP contribution in [0, 0.1) is 5.82 Å². The second-order valence-corrected chi connectivity index (χ2v) is 7.35. The molecule has 0 saturated carbocycles. The number of carbonyl (C=O) groups excluding carboxylic acids is 2. The van der Waals surface area contributed by atoms with Crippen LogP contribution < -0.4 is 10.2 Å². The van der Waals surface area contributed by atoms with Gasteiger partial charge in [-0.3, -0.25) is 14.5 Å². The van der Waals surface area contributed by atoms with E-state index in [4.69, 9.17) is 4.74 Å². The molecule has 0 aliphatic carbocycles. The van der Waals surface area contributed by atoms with Crippen LogP contribution >= 0.6 is 0 Å². The van der Waals surface area contributed by atoms with Gasteiger partial charge in [-0.25, -0.2) is 4.39 Å². The molecule has 7 heteroatoms. The molecule has 1 unspecified atom stereocenters. The van der Waals surface area contributed by atoms with Crippen molar-refractivity contribution in [2.75, 3.05) is 36.5 Å². The van der Waals surface area contributed by atoms with E-state index in [2.05, 4.69) is 5.32 Å². The molecule has 0 radical (unpaired) electrons. The summed E-state index contributed by atoms with van der Waals surface area (Å²) in [4.78, 5) is 28.5. The summed E-state index contributed by atoms with van der Waals surface area (Å²) in [6, 6.07) is 13.6. The number of rotatable bonds is 5. The van der Waals surface area contributed by atoms with Crippen LogP contribution in [0.4, 0.5) is 15.8 Å². The first-order valence-corrected chi connectivity index (χ1v) is 9.88. The van der Waals surface area contributed by atoms with Crippen LogP contribution in [0.1, 0.15) is 18.4 Å². The predicted octanol–water partition coefficient (Wildman–Crippen LogP) is 2.79. The second-order valence-electron chi connectivity index (χ2n) is 7.35. The molecule has 2 heterocycles. The van der Waals surface area contributed by atoms with Gasteiger partial charge < -0.3 is 15.0 Å². The molecule has 2 fully saturated rings. The zero-order valence-electron chi connectivity index (χ0n) is 16.1. The number of ether oxygens (including phenoxy) is 1. The first-order chi connectivity index (χ1) is 14.1. The van der Waals surface area contributed by atoms with Gasteiger partial charge in [0.25, 0.3) is 5.91 Å². The Morgan fingerprint density at radius 2 is 1.93 bits per heavy atom. The second kappa shape index (κ2) is 8.71. The third kappa shape index (κ3) is 4.46. The fourth-order valence-electron chi connectivity index (χ4n) is 3.90. The summed E-state index contributed by atoms with van der Waals surface area (Å²) in [6.07, 6.45) is 1.66. The standard InChI is InChI=1S/C22H24FN3O3/c23-19-5-2-1-4-16(19)14-25-11-3-6-20(25)22(28)24-17-7-9-18(10-8-17)26-12-13-29-15-21(26)27/h1-2,4-5,7-10,20H,3,6,11-15H2,(H,24,28). The van der Waals surface area contributed by atoms with E-state index in [9.17, 15) is 14.0 Å². The average Bonchev–Trinajstić information content (AvgIpc) is 3.19. The maximum Gasteiger partial charge on any atom is 0.253 e. The average molecular weight is 397 g/mol. The fraction of sp³-hybridized carbons (Fsp3) is 0.364. The van der Waals surface area contributed by atoms with E-state index in [1.54, 1.807) is 29.2 Å². The summed E-state index contributed by atoms with van der Waals surface area (Å²) < 4.78 is 19.1. The van der Waals surface area contributed by atoms with Crippen molar-refractivity contribution in [3.8, 4) is 0 Å². The number of halogens is 1. The van der Waals surface area contributed by atoms with Gasteiger partial charge in [-0.15, -0.1) is 0 Å². The first-order valence-electron chi connectivity index (χ1n) is 9.88. The Labute approximate surface area is 169 Å². The quantitative estimate of drug-likeness (QED) is 0.843. The molecule has 0 aromatic heterocycles. The van der Waals surface area contributed by atoms with Gasteiger partial charge in [0.15, 0.2) is 0 Å². The zero-order valence-corrected chi connectivity index (χ0v) is 16.1. The molecule has 29 heavy (non-hydrogen) atoms. The van der Waals surface area contributed by atoms with Gasteiger partial charge >= 0.3 is 0 Å². The number of nitrogens with one attached hydrogen (secondary N) is 1. The number of benzene rings is 2. The van der Waals surface area contributed by atoms with Gasteiger partial charge in [0.1, 0.15) is 12.4 Å². The molecule has 2 aliphatic heterocycles. The van der Waals surface area contributed by atoms with Crippen LogP contribution in [-0.4, -0.2) is 49.1 Å². The number of nitrogens with zero attached hydrogens (tertiary/aromatic N) is 2. The van der Waals surface area contributed by atoms with E-state index in [1.165, 1.54) is 6.07 Å². The molecule has 152 valence electrons. The van der Waals surface area contributed by atoms with Gasteiger partial charge in [0, 0.05) is 30.0 Å². The monoisotopic (exact) mass is 397 g/mol. The van der Waals surface area contributed by atoms with Gasteiger partial charge in [-0.05, 0) is 49.7 Å². The van der Waals surface area contributed by atoms with Crippen LogP contribution in [0.3, 0.4) is 0 Å². The minimum Gasteiger partial charge on any atom is -0.370 e. The Balaban J connectivity index is 1.39. The van der Waals surface area contributed by atoms with Crippen molar-refractivity contribution in [2.24, 2.45) is 0 Å². The van der Waals surface area contributed by atoms with Crippen molar-refractivity contribution in [1.29, 1.82) is 0 Å². The highest BCUT2D eigenvalue weighted by Gasteiger charge is 2.31. The highest BCUT2D eigenvalue weighted by Crippen LogP contribution is 2.24. The van der Waals surface area contributed by atoms with Crippen LogP contribution in [-0.2, 0) is 20.9 Å². The summed E-state index contributed by atoms with van der Waals surface area (Å²) in [6.45, 7) is 2.33. The lowest BCUT2D eigenvalue weighted by atomic mass is 10.1. The molecule has 2 amide bonds. The van der Waals surface area contributed by atoms with E-state index >= 15 is 0 Å². The summed E-state index contributed by atoms with van der Waals surface area (Å²) in [7, 11) is 0. The molecule has 0 spiro atoms. The smallest absolute Gasteiger partial charge is 0.253 e. The van der Waals surface area contributed by atoms with Crippen molar-refractivity contribution < 1.29 is 18.7 Å². The third-order valence-electron chi connectivity index (χ3n) is 5.43. The zero-order chi connectivity index (χ0) is 20.2. The number of likely N-dealkylation sites (tertiary alicyclic amines) is 1. The SMILES string of the molecule is O=C(Nc1ccc(N2CCOCC2=O)cc1)C1CCCN1Cc1ccccc1F. The molecule has 1 atom stereocenters. The van der Waals surface area contributed by atoms with Gasteiger partial charge in [-0.2, -0.15) is 0 Å². The number of hydrogen-bond acceptors (Lipinski definition) is 4. The fourth-order valence-corrected chi connectivity index (χ4v) is 3.90. The van der Waals surface area contributed by atoms with Crippen LogP contribution in [0.5, 0.6) is 0 Å². The highest BCUT2D eigenvalue weighted by molar-refractivity contribution is 5.97. The lowest BCUT2D eigenvalue weighted by molar-refractivity contribution is -0.125. The minimum atomic E-state index is -0.282. The largest absolute Gasteiger partial charge is 0.370 e. The number of anilines is 2. The summed E-state index contributed by atoms with van der Waals surface area (Å²) >= 11 is 0. The maximum absolute atomic E-state index is 14.0. The Kier molecular flexibility index (Phi) is 5.87. The predicted molar refractivity (Wildman–Crippen MR) is 108 cm³/mol. The third-order valence-corrected chi connectivity index (χ3v) is 5.43. The Hall–Kier alpha value is -2.77. The van der Waals surface area contributed by atoms with Crippen molar-refractivity contribution in [3.63, 3.8) is 0 Å². The lowest BCUT2D eigenvalue weighted by Gasteiger charge is -2.27. The first kappa shape index (κ1) is 19.5.